The van der Waals surface area contributed by atoms with Gasteiger partial charge in [-0.05, 0) is 43.2 Å². The molecule has 2 rings (SSSR count). The van der Waals surface area contributed by atoms with Gasteiger partial charge in [0.1, 0.15) is 5.75 Å². The molecule has 116 valence electrons. The maximum absolute atomic E-state index is 11.8. The highest BCUT2D eigenvalue weighted by Crippen LogP contribution is 2.23. The molecule has 0 radical (unpaired) electrons. The van der Waals surface area contributed by atoms with Crippen LogP contribution in [-0.2, 0) is 4.79 Å². The molecule has 0 unspecified atom stereocenters. The number of phenols is 1. The first kappa shape index (κ1) is 15.6. The first-order chi connectivity index (χ1) is 10.6. The second-order valence-electron chi connectivity index (χ2n) is 4.91. The van der Waals surface area contributed by atoms with Gasteiger partial charge < -0.3 is 20.2 Å². The van der Waals surface area contributed by atoms with Gasteiger partial charge in [-0.2, -0.15) is 0 Å². The standard InChI is InChI=1S/C16H18N2O4/c1-11-6-7-12(13(19)10-11)18-15(20)5-2-8-17-16(21)14-4-3-9-22-14/h3-4,6-7,9-10,19H,2,5,8H2,1H3,(H,17,21)(H,18,20). The number of amides is 2. The minimum atomic E-state index is -0.304. The van der Waals surface area contributed by atoms with Gasteiger partial charge in [0.25, 0.3) is 5.91 Å². The summed E-state index contributed by atoms with van der Waals surface area (Å²) < 4.78 is 4.96. The van der Waals surface area contributed by atoms with E-state index in [4.69, 9.17) is 4.42 Å². The molecule has 0 saturated heterocycles. The molecule has 0 fully saturated rings. The van der Waals surface area contributed by atoms with Crippen LogP contribution in [0.2, 0.25) is 0 Å². The molecule has 1 aromatic heterocycles. The molecule has 3 N–H and O–H groups in total. The molecule has 0 aliphatic carbocycles. The maximum Gasteiger partial charge on any atom is 0.286 e. The van der Waals surface area contributed by atoms with E-state index in [0.717, 1.165) is 5.56 Å². The summed E-state index contributed by atoms with van der Waals surface area (Å²) in [5, 5.41) is 15.0. The highest BCUT2D eigenvalue weighted by atomic mass is 16.3. The van der Waals surface area contributed by atoms with E-state index in [2.05, 4.69) is 10.6 Å². The van der Waals surface area contributed by atoms with Crippen molar-refractivity contribution in [1.82, 2.24) is 5.32 Å². The number of aromatic hydroxyl groups is 1. The number of aryl methyl sites for hydroxylation is 1. The number of rotatable bonds is 6. The molecule has 22 heavy (non-hydrogen) atoms. The van der Waals surface area contributed by atoms with Crippen LogP contribution in [0.4, 0.5) is 5.69 Å². The van der Waals surface area contributed by atoms with Crippen LogP contribution in [0.25, 0.3) is 0 Å². The number of hydrogen-bond donors (Lipinski definition) is 3. The van der Waals surface area contributed by atoms with Gasteiger partial charge in [-0.15, -0.1) is 0 Å². The third-order valence-corrected chi connectivity index (χ3v) is 3.04. The molecular weight excluding hydrogens is 284 g/mol. The molecule has 1 aromatic carbocycles. The molecular formula is C16H18N2O4. The number of furan rings is 1. The monoisotopic (exact) mass is 302 g/mol. The normalized spacial score (nSPS) is 10.2. The van der Waals surface area contributed by atoms with Crippen molar-refractivity contribution < 1.29 is 19.1 Å². The zero-order valence-corrected chi connectivity index (χ0v) is 12.3. The van der Waals surface area contributed by atoms with Crippen molar-refractivity contribution in [1.29, 1.82) is 0 Å². The van der Waals surface area contributed by atoms with Crippen molar-refractivity contribution in [2.45, 2.75) is 19.8 Å². The summed E-state index contributed by atoms with van der Waals surface area (Å²) in [6, 6.07) is 8.25. The fourth-order valence-corrected chi connectivity index (χ4v) is 1.91. The minimum Gasteiger partial charge on any atom is -0.506 e. The Kier molecular flexibility index (Phi) is 5.19. The first-order valence-corrected chi connectivity index (χ1v) is 6.97. The van der Waals surface area contributed by atoms with E-state index in [-0.39, 0.29) is 29.7 Å². The van der Waals surface area contributed by atoms with E-state index in [1.807, 2.05) is 6.92 Å². The molecule has 0 aliphatic heterocycles. The smallest absolute Gasteiger partial charge is 0.286 e. The minimum absolute atomic E-state index is 0.0412. The number of carbonyl (C=O) groups excluding carboxylic acids is 2. The second-order valence-corrected chi connectivity index (χ2v) is 4.91. The number of phenolic OH excluding ortho intramolecular Hbond substituents is 1. The van der Waals surface area contributed by atoms with Gasteiger partial charge >= 0.3 is 0 Å². The molecule has 6 heteroatoms. The zero-order chi connectivity index (χ0) is 15.9. The Balaban J connectivity index is 1.71. The highest BCUT2D eigenvalue weighted by Gasteiger charge is 2.09. The Bertz CT molecular complexity index is 650. The summed E-state index contributed by atoms with van der Waals surface area (Å²) in [6.07, 6.45) is 2.16. The van der Waals surface area contributed by atoms with Crippen LogP contribution in [0.3, 0.4) is 0 Å². The molecule has 6 nitrogen and oxygen atoms in total. The van der Waals surface area contributed by atoms with Gasteiger partial charge in [-0.3, -0.25) is 9.59 Å². The van der Waals surface area contributed by atoms with E-state index < -0.39 is 0 Å². The molecule has 2 amide bonds. The van der Waals surface area contributed by atoms with Gasteiger partial charge in [-0.25, -0.2) is 0 Å². The number of anilines is 1. The van der Waals surface area contributed by atoms with Crippen molar-refractivity contribution in [3.05, 3.63) is 47.9 Å². The Labute approximate surface area is 128 Å². The quantitative estimate of drug-likeness (QED) is 0.564. The number of benzene rings is 1. The van der Waals surface area contributed by atoms with Crippen LogP contribution < -0.4 is 10.6 Å². The zero-order valence-electron chi connectivity index (χ0n) is 12.3. The predicted molar refractivity (Wildman–Crippen MR) is 81.7 cm³/mol. The average Bonchev–Trinajstić information content (AvgIpc) is 3.01. The lowest BCUT2D eigenvalue weighted by Crippen LogP contribution is -2.25. The summed E-state index contributed by atoms with van der Waals surface area (Å²) in [6.45, 7) is 2.22. The van der Waals surface area contributed by atoms with Gasteiger partial charge in [0, 0.05) is 13.0 Å². The lowest BCUT2D eigenvalue weighted by atomic mass is 10.2. The van der Waals surface area contributed by atoms with Crippen LogP contribution in [0.1, 0.15) is 29.0 Å². The van der Waals surface area contributed by atoms with Crippen LogP contribution in [0, 0.1) is 6.92 Å². The summed E-state index contributed by atoms with van der Waals surface area (Å²) in [4.78, 5) is 23.3. The summed E-state index contributed by atoms with van der Waals surface area (Å²) >= 11 is 0. The molecule has 1 heterocycles. The van der Waals surface area contributed by atoms with Crippen LogP contribution >= 0.6 is 0 Å². The van der Waals surface area contributed by atoms with Crippen LogP contribution in [-0.4, -0.2) is 23.5 Å². The van der Waals surface area contributed by atoms with Gasteiger partial charge in [0.15, 0.2) is 5.76 Å². The number of nitrogens with one attached hydrogen (secondary N) is 2. The summed E-state index contributed by atoms with van der Waals surface area (Å²) in [7, 11) is 0. The van der Waals surface area contributed by atoms with Gasteiger partial charge in [-0.1, -0.05) is 6.07 Å². The SMILES string of the molecule is Cc1ccc(NC(=O)CCCNC(=O)c2ccco2)c(O)c1. The second kappa shape index (κ2) is 7.31. The van der Waals surface area contributed by atoms with Gasteiger partial charge in [0.05, 0.1) is 12.0 Å². The van der Waals surface area contributed by atoms with Crippen LogP contribution in [0.15, 0.2) is 41.0 Å². The molecule has 0 atom stereocenters. The fraction of sp³-hybridized carbons (Fsp3) is 0.250. The largest absolute Gasteiger partial charge is 0.506 e. The van der Waals surface area contributed by atoms with Crippen molar-refractivity contribution >= 4 is 17.5 Å². The van der Waals surface area contributed by atoms with Crippen molar-refractivity contribution in [2.75, 3.05) is 11.9 Å². The van der Waals surface area contributed by atoms with E-state index >= 15 is 0 Å². The predicted octanol–water partition coefficient (Wildman–Crippen LogP) is 2.44. The van der Waals surface area contributed by atoms with Crippen molar-refractivity contribution in [2.24, 2.45) is 0 Å². The van der Waals surface area contributed by atoms with E-state index in [0.29, 0.717) is 18.7 Å². The van der Waals surface area contributed by atoms with E-state index in [1.165, 1.54) is 6.26 Å². The Morgan fingerprint density at radius 2 is 2.09 bits per heavy atom. The first-order valence-electron chi connectivity index (χ1n) is 6.97. The highest BCUT2D eigenvalue weighted by molar-refractivity contribution is 5.92. The summed E-state index contributed by atoms with van der Waals surface area (Å²) in [5.74, 6) is -0.235. The average molecular weight is 302 g/mol. The third-order valence-electron chi connectivity index (χ3n) is 3.04. The molecule has 0 saturated carbocycles. The topological polar surface area (TPSA) is 91.6 Å². The Hall–Kier alpha value is -2.76. The van der Waals surface area contributed by atoms with Crippen molar-refractivity contribution in [3.63, 3.8) is 0 Å². The lowest BCUT2D eigenvalue weighted by Gasteiger charge is -2.08. The summed E-state index contributed by atoms with van der Waals surface area (Å²) in [5.41, 5.74) is 1.30. The molecule has 0 bridgehead atoms. The van der Waals surface area contributed by atoms with Gasteiger partial charge in [0.2, 0.25) is 5.91 Å². The lowest BCUT2D eigenvalue weighted by molar-refractivity contribution is -0.116. The third kappa shape index (κ3) is 4.37. The molecule has 0 spiro atoms. The Morgan fingerprint density at radius 3 is 2.77 bits per heavy atom. The molecule has 0 aliphatic rings. The molecule has 2 aromatic rings. The van der Waals surface area contributed by atoms with Crippen LogP contribution in [0.5, 0.6) is 5.75 Å². The number of carbonyl (C=O) groups is 2. The van der Waals surface area contributed by atoms with E-state index in [9.17, 15) is 14.7 Å². The maximum atomic E-state index is 11.8. The Morgan fingerprint density at radius 1 is 1.27 bits per heavy atom. The van der Waals surface area contributed by atoms with Crippen molar-refractivity contribution in [3.8, 4) is 5.75 Å². The number of hydrogen-bond acceptors (Lipinski definition) is 4. The van der Waals surface area contributed by atoms with E-state index in [1.54, 1.807) is 30.3 Å². The fourth-order valence-electron chi connectivity index (χ4n) is 1.91.